The third-order valence-electron chi connectivity index (χ3n) is 3.30. The van der Waals surface area contributed by atoms with Crippen molar-refractivity contribution in [2.45, 2.75) is 46.1 Å². The number of nitrogens with zero attached hydrogens (tertiary/aromatic N) is 1. The topological polar surface area (TPSA) is 24.4 Å². The molecule has 86 valence electrons. The highest BCUT2D eigenvalue weighted by Gasteiger charge is 2.32. The van der Waals surface area contributed by atoms with Crippen molar-refractivity contribution in [1.82, 2.24) is 5.32 Å². The Morgan fingerprint density at radius 1 is 1.40 bits per heavy atom. The Morgan fingerprint density at radius 3 is 2.80 bits per heavy atom. The first-order valence-electron chi connectivity index (χ1n) is 5.99. The Morgan fingerprint density at radius 2 is 2.20 bits per heavy atom. The van der Waals surface area contributed by atoms with Gasteiger partial charge in [0, 0.05) is 11.8 Å². The van der Waals surface area contributed by atoms with Crippen LogP contribution in [0.3, 0.4) is 0 Å². The average Bonchev–Trinajstić information content (AvgIpc) is 2.52. The summed E-state index contributed by atoms with van der Waals surface area (Å²) in [6.07, 6.45) is 3.96. The van der Waals surface area contributed by atoms with Crippen LogP contribution >= 0.6 is 11.8 Å². The van der Waals surface area contributed by atoms with Crippen LogP contribution in [-0.4, -0.2) is 23.5 Å². The van der Waals surface area contributed by atoms with Crippen LogP contribution < -0.4 is 5.32 Å². The summed E-state index contributed by atoms with van der Waals surface area (Å²) in [6, 6.07) is 0.646. The molecule has 2 nitrogen and oxygen atoms in total. The third-order valence-corrected chi connectivity index (χ3v) is 4.21. The van der Waals surface area contributed by atoms with Gasteiger partial charge in [0.25, 0.3) is 0 Å². The van der Waals surface area contributed by atoms with Crippen molar-refractivity contribution >= 4 is 16.9 Å². The fraction of sp³-hybridized carbons (Fsp3) is 0.917. The molecule has 1 saturated carbocycles. The monoisotopic (exact) mass is 226 g/mol. The third kappa shape index (κ3) is 3.13. The van der Waals surface area contributed by atoms with Gasteiger partial charge in [-0.2, -0.15) is 0 Å². The number of rotatable bonds is 1. The van der Waals surface area contributed by atoms with E-state index in [0.29, 0.717) is 11.5 Å². The number of thioether (sulfide) groups is 1. The zero-order valence-corrected chi connectivity index (χ0v) is 10.9. The molecule has 1 heterocycles. The lowest BCUT2D eigenvalue weighted by molar-refractivity contribution is 0.162. The van der Waals surface area contributed by atoms with Gasteiger partial charge >= 0.3 is 0 Å². The molecule has 1 N–H and O–H groups in total. The first kappa shape index (κ1) is 11.3. The Bertz CT molecular complexity index is 260. The summed E-state index contributed by atoms with van der Waals surface area (Å²) in [4.78, 5) is 4.47. The molecule has 1 aliphatic carbocycles. The molecule has 0 radical (unpaired) electrons. The largest absolute Gasteiger partial charge is 0.362 e. The summed E-state index contributed by atoms with van der Waals surface area (Å²) in [5, 5.41) is 4.80. The highest BCUT2D eigenvalue weighted by Crippen LogP contribution is 2.38. The minimum Gasteiger partial charge on any atom is -0.362 e. The predicted octanol–water partition coefficient (Wildman–Crippen LogP) is 2.89. The van der Waals surface area contributed by atoms with Crippen LogP contribution in [0.5, 0.6) is 0 Å². The maximum atomic E-state index is 4.47. The average molecular weight is 226 g/mol. The van der Waals surface area contributed by atoms with Gasteiger partial charge in [0.15, 0.2) is 5.17 Å². The van der Waals surface area contributed by atoms with Crippen LogP contribution in [-0.2, 0) is 0 Å². The molecule has 0 aromatic rings. The van der Waals surface area contributed by atoms with E-state index in [4.69, 9.17) is 0 Å². The lowest BCUT2D eigenvalue weighted by atomic mass is 9.71. The van der Waals surface area contributed by atoms with Gasteiger partial charge in [-0.3, -0.25) is 4.99 Å². The second kappa shape index (κ2) is 4.36. The van der Waals surface area contributed by atoms with Gasteiger partial charge in [-0.25, -0.2) is 0 Å². The second-order valence-corrected chi connectivity index (χ2v) is 6.87. The molecule has 0 spiro atoms. The van der Waals surface area contributed by atoms with E-state index < -0.39 is 0 Å². The van der Waals surface area contributed by atoms with Crippen LogP contribution in [0.1, 0.15) is 40.0 Å². The summed E-state index contributed by atoms with van der Waals surface area (Å²) < 4.78 is 0. The molecule has 1 aliphatic heterocycles. The molecule has 0 aromatic heterocycles. The smallest absolute Gasteiger partial charge is 0.156 e. The minimum atomic E-state index is 0.499. The first-order valence-corrected chi connectivity index (χ1v) is 6.97. The summed E-state index contributed by atoms with van der Waals surface area (Å²) in [7, 11) is 0. The Balaban J connectivity index is 1.91. The van der Waals surface area contributed by atoms with E-state index >= 15 is 0 Å². The van der Waals surface area contributed by atoms with E-state index in [-0.39, 0.29) is 0 Å². The number of nitrogens with one attached hydrogen (secondary N) is 1. The number of aliphatic imine (C=N–C) groups is 1. The van der Waals surface area contributed by atoms with Crippen LogP contribution in [0.25, 0.3) is 0 Å². The van der Waals surface area contributed by atoms with Gasteiger partial charge in [0.2, 0.25) is 0 Å². The molecule has 3 heteroatoms. The normalized spacial score (nSPS) is 35.0. The molecular weight excluding hydrogens is 204 g/mol. The fourth-order valence-corrected chi connectivity index (χ4v) is 3.86. The molecular formula is C12H22N2S. The summed E-state index contributed by atoms with van der Waals surface area (Å²) in [5.41, 5.74) is 0.499. The molecule has 2 atom stereocenters. The molecule has 0 aromatic carbocycles. The van der Waals surface area contributed by atoms with Crippen molar-refractivity contribution in [2.24, 2.45) is 16.3 Å². The van der Waals surface area contributed by atoms with E-state index in [1.54, 1.807) is 0 Å². The van der Waals surface area contributed by atoms with Gasteiger partial charge in [-0.1, -0.05) is 32.5 Å². The molecule has 0 saturated heterocycles. The summed E-state index contributed by atoms with van der Waals surface area (Å²) in [6.45, 7) is 8.15. The highest BCUT2D eigenvalue weighted by molar-refractivity contribution is 8.14. The van der Waals surface area contributed by atoms with Crippen LogP contribution in [0, 0.1) is 11.3 Å². The maximum absolute atomic E-state index is 4.47. The second-order valence-electron chi connectivity index (χ2n) is 5.79. The zero-order valence-electron chi connectivity index (χ0n) is 10.0. The number of hydrogen-bond donors (Lipinski definition) is 1. The number of amidine groups is 1. The van der Waals surface area contributed by atoms with E-state index in [9.17, 15) is 0 Å². The van der Waals surface area contributed by atoms with Crippen molar-refractivity contribution < 1.29 is 0 Å². The Labute approximate surface area is 97.3 Å². The lowest BCUT2D eigenvalue weighted by Crippen LogP contribution is -2.41. The molecule has 15 heavy (non-hydrogen) atoms. The van der Waals surface area contributed by atoms with Gasteiger partial charge in [0.05, 0.1) is 6.54 Å². The zero-order chi connectivity index (χ0) is 10.9. The summed E-state index contributed by atoms with van der Waals surface area (Å²) in [5.74, 6) is 2.01. The highest BCUT2D eigenvalue weighted by atomic mass is 32.2. The first-order chi connectivity index (χ1) is 7.05. The molecule has 2 aliphatic rings. The van der Waals surface area contributed by atoms with Crippen LogP contribution in [0.2, 0.25) is 0 Å². The van der Waals surface area contributed by atoms with E-state index in [2.05, 4.69) is 31.1 Å². The molecule has 0 unspecified atom stereocenters. The minimum absolute atomic E-state index is 0.499. The molecule has 0 amide bonds. The summed E-state index contributed by atoms with van der Waals surface area (Å²) >= 11 is 1.88. The van der Waals surface area contributed by atoms with Crippen molar-refractivity contribution in [3.05, 3.63) is 0 Å². The lowest BCUT2D eigenvalue weighted by Gasteiger charge is -2.39. The van der Waals surface area contributed by atoms with Crippen molar-refractivity contribution in [3.63, 3.8) is 0 Å². The van der Waals surface area contributed by atoms with Gasteiger partial charge in [-0.15, -0.1) is 0 Å². The Hall–Kier alpha value is -0.180. The van der Waals surface area contributed by atoms with Gasteiger partial charge < -0.3 is 5.32 Å². The van der Waals surface area contributed by atoms with Gasteiger partial charge in [0.1, 0.15) is 0 Å². The van der Waals surface area contributed by atoms with Crippen molar-refractivity contribution in [3.8, 4) is 0 Å². The number of hydrogen-bond acceptors (Lipinski definition) is 3. The maximum Gasteiger partial charge on any atom is 0.156 e. The Kier molecular flexibility index (Phi) is 3.29. The molecule has 2 rings (SSSR count). The van der Waals surface area contributed by atoms with Crippen molar-refractivity contribution in [1.29, 1.82) is 0 Å². The van der Waals surface area contributed by atoms with Crippen LogP contribution in [0.15, 0.2) is 4.99 Å². The van der Waals surface area contributed by atoms with Crippen molar-refractivity contribution in [2.75, 3.05) is 12.3 Å². The quantitative estimate of drug-likeness (QED) is 0.743. The fourth-order valence-electron chi connectivity index (χ4n) is 3.05. The standard InChI is InChI=1S/C12H22N2S/c1-9-6-10(8-12(2,3)7-9)14-11-13-4-5-15-11/h9-10H,4-8H2,1-3H3,(H,13,14)/t9-,10+/m0/s1. The van der Waals surface area contributed by atoms with Gasteiger partial charge in [-0.05, 0) is 30.6 Å². The molecule has 1 fully saturated rings. The van der Waals surface area contributed by atoms with E-state index in [0.717, 1.165) is 18.2 Å². The van der Waals surface area contributed by atoms with E-state index in [1.165, 1.54) is 24.4 Å². The van der Waals surface area contributed by atoms with E-state index in [1.807, 2.05) is 11.8 Å². The van der Waals surface area contributed by atoms with Crippen LogP contribution in [0.4, 0.5) is 0 Å². The predicted molar refractivity (Wildman–Crippen MR) is 68.5 cm³/mol. The molecule has 0 bridgehead atoms. The SMILES string of the molecule is C[C@H]1C[C@@H](NC2=NCCS2)CC(C)(C)C1.